The zero-order valence-corrected chi connectivity index (χ0v) is 19.1. The van der Waals surface area contributed by atoms with Crippen LogP contribution in [0.1, 0.15) is 22.5 Å². The van der Waals surface area contributed by atoms with E-state index < -0.39 is 34.4 Å². The molecule has 1 aliphatic heterocycles. The molecule has 1 saturated heterocycles. The lowest BCUT2D eigenvalue weighted by Gasteiger charge is -2.28. The van der Waals surface area contributed by atoms with Crippen LogP contribution in [0.4, 0.5) is 5.69 Å². The Morgan fingerprint density at radius 3 is 2.50 bits per heavy atom. The number of nitrogens with zero attached hydrogens (tertiary/aromatic N) is 2. The van der Waals surface area contributed by atoms with Crippen molar-refractivity contribution < 1.29 is 22.7 Å². The van der Waals surface area contributed by atoms with Gasteiger partial charge in [-0.05, 0) is 25.5 Å². The number of carbonyl (C=O) groups is 2. The molecule has 0 saturated carbocycles. The van der Waals surface area contributed by atoms with Crippen LogP contribution in [0, 0.1) is 6.92 Å². The topological polar surface area (TPSA) is 93.6 Å². The van der Waals surface area contributed by atoms with Crippen LogP contribution in [-0.2, 0) is 19.4 Å². The van der Waals surface area contributed by atoms with Crippen LogP contribution < -0.4 is 4.90 Å². The second kappa shape index (κ2) is 9.22. The van der Waals surface area contributed by atoms with Crippen LogP contribution in [0.15, 0.2) is 60.0 Å². The van der Waals surface area contributed by atoms with Gasteiger partial charge in [0.25, 0.3) is 5.91 Å². The van der Waals surface area contributed by atoms with Gasteiger partial charge in [-0.2, -0.15) is 0 Å². The first-order valence-corrected chi connectivity index (χ1v) is 12.8. The molecule has 2 heterocycles. The molecule has 0 spiro atoms. The van der Waals surface area contributed by atoms with E-state index in [0.29, 0.717) is 17.1 Å². The minimum Gasteiger partial charge on any atom is -0.451 e. The molecule has 2 aromatic carbocycles. The number of hydrogen-bond donors (Lipinski definition) is 0. The molecule has 0 bridgehead atoms. The fraction of sp³-hybridized carbons (Fsp3) is 0.261. The fourth-order valence-corrected chi connectivity index (χ4v) is 6.09. The molecule has 4 rings (SSSR count). The average Bonchev–Trinajstić information content (AvgIpc) is 3.40. The highest BCUT2D eigenvalue weighted by Crippen LogP contribution is 2.26. The summed E-state index contributed by atoms with van der Waals surface area (Å²) in [5.74, 6) is -1.23. The third kappa shape index (κ3) is 5.05. The molecule has 166 valence electrons. The summed E-state index contributed by atoms with van der Waals surface area (Å²) in [6.45, 7) is 1.49. The highest BCUT2D eigenvalue weighted by atomic mass is 32.2. The monoisotopic (exact) mass is 470 g/mol. The Morgan fingerprint density at radius 1 is 1.12 bits per heavy atom. The zero-order chi connectivity index (χ0) is 22.7. The predicted octanol–water partition coefficient (Wildman–Crippen LogP) is 3.50. The Labute approximate surface area is 190 Å². The van der Waals surface area contributed by atoms with Crippen molar-refractivity contribution in [3.05, 3.63) is 71.2 Å². The van der Waals surface area contributed by atoms with E-state index >= 15 is 0 Å². The number of aryl methyl sites for hydroxylation is 1. The van der Waals surface area contributed by atoms with Gasteiger partial charge in [0.1, 0.15) is 5.01 Å². The number of anilines is 1. The lowest BCUT2D eigenvalue weighted by molar-refractivity contribution is -0.122. The molecule has 1 atom stereocenters. The van der Waals surface area contributed by atoms with Gasteiger partial charge in [-0.15, -0.1) is 11.3 Å². The van der Waals surface area contributed by atoms with Gasteiger partial charge in [0, 0.05) is 16.6 Å². The Bertz CT molecular complexity index is 1220. The number of amides is 1. The standard InChI is InChI=1S/C23H22N2O5S2/c1-16-7-9-17(10-8-16)22-24-20(14-31-22)23(27)30-13-21(26)25(18-5-3-2-4-6-18)19-11-12-32(28,29)15-19/h2-10,14,19H,11-13,15H2,1H3. The number of para-hydroxylation sites is 1. The van der Waals surface area contributed by atoms with E-state index in [1.807, 2.05) is 37.3 Å². The quantitative estimate of drug-likeness (QED) is 0.512. The molecular weight excluding hydrogens is 448 g/mol. The minimum atomic E-state index is -3.19. The summed E-state index contributed by atoms with van der Waals surface area (Å²) in [7, 11) is -3.19. The van der Waals surface area contributed by atoms with Gasteiger partial charge < -0.3 is 9.64 Å². The summed E-state index contributed by atoms with van der Waals surface area (Å²) in [6, 6.07) is 16.1. The maximum Gasteiger partial charge on any atom is 0.358 e. The molecule has 1 aliphatic rings. The largest absolute Gasteiger partial charge is 0.451 e. The lowest BCUT2D eigenvalue weighted by atomic mass is 10.2. The molecule has 1 fully saturated rings. The number of aromatic nitrogens is 1. The van der Waals surface area contributed by atoms with Crippen molar-refractivity contribution >= 4 is 38.7 Å². The number of esters is 1. The van der Waals surface area contributed by atoms with E-state index in [1.165, 1.54) is 16.2 Å². The third-order valence-electron chi connectivity index (χ3n) is 5.22. The van der Waals surface area contributed by atoms with Crippen LogP contribution in [0.5, 0.6) is 0 Å². The van der Waals surface area contributed by atoms with E-state index in [1.54, 1.807) is 29.6 Å². The number of hydrogen-bond acceptors (Lipinski definition) is 7. The number of carbonyl (C=O) groups excluding carboxylic acids is 2. The number of thiazole rings is 1. The van der Waals surface area contributed by atoms with Crippen molar-refractivity contribution in [2.75, 3.05) is 23.0 Å². The fourth-order valence-electron chi connectivity index (χ4n) is 3.59. The third-order valence-corrected chi connectivity index (χ3v) is 7.86. The van der Waals surface area contributed by atoms with Crippen molar-refractivity contribution in [2.45, 2.75) is 19.4 Å². The van der Waals surface area contributed by atoms with Crippen LogP contribution in [-0.4, -0.2) is 49.4 Å². The van der Waals surface area contributed by atoms with Crippen molar-refractivity contribution in [3.63, 3.8) is 0 Å². The Kier molecular flexibility index (Phi) is 6.38. The summed E-state index contributed by atoms with van der Waals surface area (Å²) in [4.78, 5) is 31.2. The molecule has 0 radical (unpaired) electrons. The van der Waals surface area contributed by atoms with Gasteiger partial charge in [0.05, 0.1) is 17.5 Å². The first-order valence-electron chi connectivity index (χ1n) is 10.1. The van der Waals surface area contributed by atoms with Gasteiger partial charge in [-0.1, -0.05) is 48.0 Å². The van der Waals surface area contributed by atoms with Crippen molar-refractivity contribution in [1.82, 2.24) is 4.98 Å². The second-order valence-corrected chi connectivity index (χ2v) is 10.7. The van der Waals surface area contributed by atoms with E-state index in [9.17, 15) is 18.0 Å². The number of sulfone groups is 1. The van der Waals surface area contributed by atoms with Crippen molar-refractivity contribution in [1.29, 1.82) is 0 Å². The SMILES string of the molecule is Cc1ccc(-c2nc(C(=O)OCC(=O)N(c3ccccc3)C3CCS(=O)(=O)C3)cs2)cc1. The Balaban J connectivity index is 1.45. The molecular formula is C23H22N2O5S2. The summed E-state index contributed by atoms with van der Waals surface area (Å²) in [5, 5.41) is 2.28. The van der Waals surface area contributed by atoms with Gasteiger partial charge in [0.2, 0.25) is 0 Å². The first kappa shape index (κ1) is 22.2. The molecule has 32 heavy (non-hydrogen) atoms. The average molecular weight is 471 g/mol. The molecule has 7 nitrogen and oxygen atoms in total. The minimum absolute atomic E-state index is 0.0364. The lowest BCUT2D eigenvalue weighted by Crippen LogP contribution is -2.43. The molecule has 1 unspecified atom stereocenters. The van der Waals surface area contributed by atoms with Gasteiger partial charge >= 0.3 is 5.97 Å². The van der Waals surface area contributed by atoms with E-state index in [2.05, 4.69) is 4.98 Å². The molecule has 3 aromatic rings. The molecule has 1 amide bonds. The Hall–Kier alpha value is -3.04. The summed E-state index contributed by atoms with van der Waals surface area (Å²) >= 11 is 1.32. The molecule has 0 aliphatic carbocycles. The van der Waals surface area contributed by atoms with Crippen LogP contribution in [0.3, 0.4) is 0 Å². The summed E-state index contributed by atoms with van der Waals surface area (Å²) in [5.41, 5.74) is 2.73. The van der Waals surface area contributed by atoms with E-state index in [-0.39, 0.29) is 17.2 Å². The van der Waals surface area contributed by atoms with Gasteiger partial charge in [0.15, 0.2) is 22.1 Å². The van der Waals surface area contributed by atoms with Gasteiger partial charge in [-0.25, -0.2) is 18.2 Å². The van der Waals surface area contributed by atoms with Crippen LogP contribution >= 0.6 is 11.3 Å². The van der Waals surface area contributed by atoms with E-state index in [0.717, 1.165) is 11.1 Å². The zero-order valence-electron chi connectivity index (χ0n) is 17.4. The number of ether oxygens (including phenoxy) is 1. The van der Waals surface area contributed by atoms with Crippen molar-refractivity contribution in [3.8, 4) is 10.6 Å². The second-order valence-electron chi connectivity index (χ2n) is 7.64. The summed E-state index contributed by atoms with van der Waals surface area (Å²) < 4.78 is 29.2. The highest BCUT2D eigenvalue weighted by molar-refractivity contribution is 7.91. The maximum atomic E-state index is 13.0. The predicted molar refractivity (Wildman–Crippen MR) is 124 cm³/mol. The molecule has 0 N–H and O–H groups in total. The number of benzene rings is 2. The molecule has 1 aromatic heterocycles. The normalized spacial score (nSPS) is 17.1. The van der Waals surface area contributed by atoms with Gasteiger partial charge in [-0.3, -0.25) is 4.79 Å². The molecule has 9 heteroatoms. The van der Waals surface area contributed by atoms with Crippen LogP contribution in [0.25, 0.3) is 10.6 Å². The Morgan fingerprint density at radius 2 is 1.84 bits per heavy atom. The van der Waals surface area contributed by atoms with Crippen LogP contribution in [0.2, 0.25) is 0 Å². The smallest absolute Gasteiger partial charge is 0.358 e. The summed E-state index contributed by atoms with van der Waals surface area (Å²) in [6.07, 6.45) is 0.350. The highest BCUT2D eigenvalue weighted by Gasteiger charge is 2.35. The first-order chi connectivity index (χ1) is 15.3. The van der Waals surface area contributed by atoms with E-state index in [4.69, 9.17) is 4.74 Å². The van der Waals surface area contributed by atoms with Crippen molar-refractivity contribution in [2.24, 2.45) is 0 Å². The number of rotatable bonds is 6. The maximum absolute atomic E-state index is 13.0.